The van der Waals surface area contributed by atoms with E-state index >= 15 is 0 Å². The Labute approximate surface area is 116 Å². The number of anilines is 1. The number of benzene rings is 1. The highest BCUT2D eigenvalue weighted by Gasteiger charge is 2.28. The Bertz CT molecular complexity index is 386. The molecule has 1 N–H and O–H groups in total. The highest BCUT2D eigenvalue weighted by atomic mass is 32.2. The minimum Gasteiger partial charge on any atom is -0.381 e. The highest BCUT2D eigenvalue weighted by molar-refractivity contribution is 7.99. The van der Waals surface area contributed by atoms with E-state index in [0.29, 0.717) is 11.5 Å². The molecule has 100 valence electrons. The van der Waals surface area contributed by atoms with E-state index in [4.69, 9.17) is 0 Å². The summed E-state index contributed by atoms with van der Waals surface area (Å²) in [7, 11) is 0. The van der Waals surface area contributed by atoms with Crippen molar-refractivity contribution in [2.75, 3.05) is 16.8 Å². The zero-order valence-electron chi connectivity index (χ0n) is 11.8. The molecule has 1 unspecified atom stereocenters. The van der Waals surface area contributed by atoms with Crippen molar-refractivity contribution in [2.24, 2.45) is 5.41 Å². The molecule has 1 aliphatic heterocycles. The Balaban J connectivity index is 2.04. The first-order valence-electron chi connectivity index (χ1n) is 7.03. The van der Waals surface area contributed by atoms with Crippen molar-refractivity contribution >= 4 is 17.4 Å². The molecule has 1 aromatic carbocycles. The number of para-hydroxylation sites is 1. The Hall–Kier alpha value is -0.630. The Morgan fingerprint density at radius 2 is 2.11 bits per heavy atom. The summed E-state index contributed by atoms with van der Waals surface area (Å²) < 4.78 is 0. The van der Waals surface area contributed by atoms with Crippen molar-refractivity contribution in [3.63, 3.8) is 0 Å². The van der Waals surface area contributed by atoms with Crippen LogP contribution < -0.4 is 5.32 Å². The summed E-state index contributed by atoms with van der Waals surface area (Å²) in [5.74, 6) is 2.53. The van der Waals surface area contributed by atoms with Gasteiger partial charge in [-0.15, -0.1) is 0 Å². The topological polar surface area (TPSA) is 12.0 Å². The van der Waals surface area contributed by atoms with Gasteiger partial charge < -0.3 is 5.32 Å². The van der Waals surface area contributed by atoms with Crippen LogP contribution >= 0.6 is 11.8 Å². The van der Waals surface area contributed by atoms with Gasteiger partial charge in [-0.1, -0.05) is 45.4 Å². The maximum Gasteiger partial charge on any atom is 0.0375 e. The van der Waals surface area contributed by atoms with Crippen LogP contribution in [0.2, 0.25) is 0 Å². The standard InChI is InChI=1S/C16H25NS/c1-4-7-13-8-5-6-9-15(13)17-14-10-16(2,3)12-18-11-14/h5-6,8-9,14,17H,4,7,10-12H2,1-3H3. The number of thioether (sulfide) groups is 1. The lowest BCUT2D eigenvalue weighted by molar-refractivity contribution is 0.358. The molecular formula is C16H25NS. The van der Waals surface area contributed by atoms with E-state index in [9.17, 15) is 0 Å². The second-order valence-corrected chi connectivity index (χ2v) is 7.16. The monoisotopic (exact) mass is 263 g/mol. The molecule has 1 heterocycles. The molecule has 0 spiro atoms. The van der Waals surface area contributed by atoms with E-state index < -0.39 is 0 Å². The first kappa shape index (κ1) is 13.8. The van der Waals surface area contributed by atoms with Crippen LogP contribution in [0.1, 0.15) is 39.2 Å². The summed E-state index contributed by atoms with van der Waals surface area (Å²) in [5, 5.41) is 3.77. The van der Waals surface area contributed by atoms with Gasteiger partial charge in [-0.05, 0) is 35.6 Å². The van der Waals surface area contributed by atoms with Gasteiger partial charge in [0.05, 0.1) is 0 Å². The van der Waals surface area contributed by atoms with E-state index in [0.717, 1.165) is 0 Å². The molecule has 18 heavy (non-hydrogen) atoms. The summed E-state index contributed by atoms with van der Waals surface area (Å²) in [6, 6.07) is 9.40. The number of rotatable bonds is 4. The number of nitrogens with one attached hydrogen (secondary N) is 1. The molecule has 0 aliphatic carbocycles. The normalized spacial score (nSPS) is 22.7. The van der Waals surface area contributed by atoms with Gasteiger partial charge in [-0.2, -0.15) is 11.8 Å². The Morgan fingerprint density at radius 1 is 1.33 bits per heavy atom. The van der Waals surface area contributed by atoms with Gasteiger partial charge in [0.1, 0.15) is 0 Å². The molecule has 1 fully saturated rings. The summed E-state index contributed by atoms with van der Waals surface area (Å²) in [6.07, 6.45) is 3.66. The highest BCUT2D eigenvalue weighted by Crippen LogP contribution is 2.35. The third-order valence-corrected chi connectivity index (χ3v) is 5.13. The molecule has 0 radical (unpaired) electrons. The lowest BCUT2D eigenvalue weighted by atomic mass is 9.87. The van der Waals surface area contributed by atoms with Crippen molar-refractivity contribution in [1.82, 2.24) is 0 Å². The third-order valence-electron chi connectivity index (χ3n) is 3.51. The maximum atomic E-state index is 3.77. The molecule has 1 nitrogen and oxygen atoms in total. The summed E-state index contributed by atoms with van der Waals surface area (Å²) in [6.45, 7) is 7.01. The Kier molecular flexibility index (Phi) is 4.60. The molecule has 1 atom stereocenters. The van der Waals surface area contributed by atoms with Crippen LogP contribution in [0.5, 0.6) is 0 Å². The number of aryl methyl sites for hydroxylation is 1. The van der Waals surface area contributed by atoms with Gasteiger partial charge in [-0.25, -0.2) is 0 Å². The summed E-state index contributed by atoms with van der Waals surface area (Å²) in [4.78, 5) is 0. The molecule has 1 aliphatic rings. The predicted molar refractivity (Wildman–Crippen MR) is 83.6 cm³/mol. The van der Waals surface area contributed by atoms with Crippen LogP contribution in [0.25, 0.3) is 0 Å². The molecule has 2 heteroatoms. The fraction of sp³-hybridized carbons (Fsp3) is 0.625. The van der Waals surface area contributed by atoms with Gasteiger partial charge in [0.2, 0.25) is 0 Å². The largest absolute Gasteiger partial charge is 0.381 e. The van der Waals surface area contributed by atoms with Crippen LogP contribution in [0, 0.1) is 5.41 Å². The van der Waals surface area contributed by atoms with Crippen molar-refractivity contribution in [1.29, 1.82) is 0 Å². The molecule has 0 saturated carbocycles. The molecule has 2 rings (SSSR count). The van der Waals surface area contributed by atoms with Crippen LogP contribution in [0.3, 0.4) is 0 Å². The predicted octanol–water partition coefficient (Wildman–Crippen LogP) is 4.58. The second-order valence-electron chi connectivity index (χ2n) is 6.13. The van der Waals surface area contributed by atoms with Crippen LogP contribution in [-0.2, 0) is 6.42 Å². The zero-order valence-corrected chi connectivity index (χ0v) is 12.6. The van der Waals surface area contributed by atoms with E-state index in [-0.39, 0.29) is 0 Å². The lowest BCUT2D eigenvalue weighted by Gasteiger charge is -2.36. The van der Waals surface area contributed by atoms with Crippen molar-refractivity contribution < 1.29 is 0 Å². The first-order chi connectivity index (χ1) is 8.61. The summed E-state index contributed by atoms with van der Waals surface area (Å²) in [5.41, 5.74) is 3.29. The van der Waals surface area contributed by atoms with Gasteiger partial charge in [0.25, 0.3) is 0 Å². The third kappa shape index (κ3) is 3.68. The SMILES string of the molecule is CCCc1ccccc1NC1CSCC(C)(C)C1. The Morgan fingerprint density at radius 3 is 2.83 bits per heavy atom. The van der Waals surface area contributed by atoms with Crippen molar-refractivity contribution in [2.45, 2.75) is 46.1 Å². The molecule has 1 saturated heterocycles. The smallest absolute Gasteiger partial charge is 0.0375 e. The van der Waals surface area contributed by atoms with Gasteiger partial charge in [0.15, 0.2) is 0 Å². The minimum absolute atomic E-state index is 0.473. The van der Waals surface area contributed by atoms with E-state index in [1.54, 1.807) is 0 Å². The van der Waals surface area contributed by atoms with Crippen LogP contribution in [0.4, 0.5) is 5.69 Å². The first-order valence-corrected chi connectivity index (χ1v) is 8.18. The number of hydrogen-bond acceptors (Lipinski definition) is 2. The number of hydrogen-bond donors (Lipinski definition) is 1. The molecular weight excluding hydrogens is 238 g/mol. The van der Waals surface area contributed by atoms with Gasteiger partial charge in [-0.3, -0.25) is 0 Å². The van der Waals surface area contributed by atoms with Crippen molar-refractivity contribution in [3.05, 3.63) is 29.8 Å². The summed E-state index contributed by atoms with van der Waals surface area (Å²) >= 11 is 2.09. The van der Waals surface area contributed by atoms with E-state index in [1.165, 1.54) is 42.0 Å². The van der Waals surface area contributed by atoms with E-state index in [1.807, 2.05) is 0 Å². The quantitative estimate of drug-likeness (QED) is 0.853. The average molecular weight is 263 g/mol. The zero-order chi connectivity index (χ0) is 13.0. The fourth-order valence-corrected chi connectivity index (χ4v) is 4.00. The van der Waals surface area contributed by atoms with Crippen molar-refractivity contribution in [3.8, 4) is 0 Å². The molecule has 1 aromatic rings. The van der Waals surface area contributed by atoms with E-state index in [2.05, 4.69) is 62.1 Å². The van der Waals surface area contributed by atoms with Gasteiger partial charge >= 0.3 is 0 Å². The minimum atomic E-state index is 0.473. The van der Waals surface area contributed by atoms with Crippen LogP contribution in [0.15, 0.2) is 24.3 Å². The fourth-order valence-electron chi connectivity index (χ4n) is 2.72. The second kappa shape index (κ2) is 6.01. The average Bonchev–Trinajstić information content (AvgIpc) is 2.31. The molecule has 0 aromatic heterocycles. The maximum absolute atomic E-state index is 3.77. The van der Waals surface area contributed by atoms with Gasteiger partial charge in [0, 0.05) is 17.5 Å². The molecule has 0 bridgehead atoms. The lowest BCUT2D eigenvalue weighted by Crippen LogP contribution is -2.35. The van der Waals surface area contributed by atoms with Crippen LogP contribution in [-0.4, -0.2) is 17.5 Å². The molecule has 0 amide bonds.